The van der Waals surface area contributed by atoms with Crippen molar-refractivity contribution in [1.82, 2.24) is 10.6 Å². The maximum Gasteiger partial charge on any atom is 0.413 e. The predicted molar refractivity (Wildman–Crippen MR) is 173 cm³/mol. The number of aliphatic imine (C=N–C) groups is 1. The molecule has 47 heavy (non-hydrogen) atoms. The zero-order valence-corrected chi connectivity index (χ0v) is 28.6. The number of hydrogen-bond acceptors (Lipinski definition) is 11. The molecule has 0 saturated carbocycles. The average Bonchev–Trinajstić information content (AvgIpc) is 2.89. The Labute approximate surface area is 275 Å². The number of ether oxygens (including phenoxy) is 5. The van der Waals surface area contributed by atoms with E-state index >= 15 is 0 Å². The molecule has 0 aliphatic rings. The molecule has 0 spiro atoms. The van der Waals surface area contributed by atoms with Gasteiger partial charge in [0.25, 0.3) is 0 Å². The average molecular weight is 656 g/mol. The number of amidine groups is 1. The van der Waals surface area contributed by atoms with Crippen LogP contribution in [0.2, 0.25) is 0 Å². The van der Waals surface area contributed by atoms with Gasteiger partial charge in [-0.1, -0.05) is 12.1 Å². The molecule has 1 atom stereocenters. The number of hydrogen-bond donors (Lipinski definition) is 2. The highest BCUT2D eigenvalue weighted by molar-refractivity contribution is 5.95. The quantitative estimate of drug-likeness (QED) is 0.105. The highest BCUT2D eigenvalue weighted by Gasteiger charge is 2.31. The van der Waals surface area contributed by atoms with Crippen molar-refractivity contribution in [1.29, 1.82) is 0 Å². The Kier molecular flexibility index (Phi) is 13.1. The van der Waals surface area contributed by atoms with Crippen LogP contribution >= 0.6 is 0 Å². The van der Waals surface area contributed by atoms with Crippen LogP contribution in [-0.2, 0) is 35.1 Å². The Morgan fingerprint density at radius 2 is 1.28 bits per heavy atom. The molecule has 2 amide bonds. The van der Waals surface area contributed by atoms with Gasteiger partial charge in [0.2, 0.25) is 0 Å². The van der Waals surface area contributed by atoms with Crippen LogP contribution < -0.4 is 15.4 Å². The molecule has 2 aromatic rings. The molecule has 2 aromatic carbocycles. The maximum absolute atomic E-state index is 12.7. The van der Waals surface area contributed by atoms with Gasteiger partial charge in [0.05, 0.1) is 17.7 Å². The van der Waals surface area contributed by atoms with Crippen molar-refractivity contribution in [3.8, 4) is 5.75 Å². The van der Waals surface area contributed by atoms with Gasteiger partial charge in [0.1, 0.15) is 41.0 Å². The molecule has 0 aliphatic heterocycles. The topological polar surface area (TPSA) is 168 Å². The van der Waals surface area contributed by atoms with Gasteiger partial charge in [-0.25, -0.2) is 24.2 Å². The van der Waals surface area contributed by atoms with Crippen molar-refractivity contribution in [2.75, 3.05) is 0 Å². The fourth-order valence-corrected chi connectivity index (χ4v) is 3.61. The molecular weight excluding hydrogens is 610 g/mol. The fraction of sp³-hybridized carbons (Fsp3) is 0.471. The minimum Gasteiger partial charge on any atom is -0.460 e. The minimum atomic E-state index is -1.32. The van der Waals surface area contributed by atoms with Crippen molar-refractivity contribution in [3.63, 3.8) is 0 Å². The molecule has 13 heteroatoms. The van der Waals surface area contributed by atoms with Crippen LogP contribution in [0.4, 0.5) is 15.3 Å². The summed E-state index contributed by atoms with van der Waals surface area (Å²) in [7, 11) is 0. The van der Waals surface area contributed by atoms with Crippen molar-refractivity contribution in [2.24, 2.45) is 4.99 Å². The molecule has 0 unspecified atom stereocenters. The van der Waals surface area contributed by atoms with E-state index in [1.807, 2.05) is 0 Å². The summed E-state index contributed by atoms with van der Waals surface area (Å²) in [6.07, 6.45) is -2.01. The van der Waals surface area contributed by atoms with E-state index < -0.39 is 59.4 Å². The molecule has 0 fully saturated rings. The number of rotatable bonds is 9. The third-order valence-electron chi connectivity index (χ3n) is 5.36. The monoisotopic (exact) mass is 655 g/mol. The lowest BCUT2D eigenvalue weighted by atomic mass is 10.1. The Morgan fingerprint density at radius 3 is 1.81 bits per heavy atom. The zero-order chi connectivity index (χ0) is 35.6. The highest BCUT2D eigenvalue weighted by atomic mass is 16.6. The molecule has 2 rings (SSSR count). The van der Waals surface area contributed by atoms with Crippen LogP contribution in [0.25, 0.3) is 0 Å². The van der Waals surface area contributed by atoms with Gasteiger partial charge in [-0.05, 0) is 111 Å². The minimum absolute atomic E-state index is 0.169. The molecule has 0 saturated heterocycles. The van der Waals surface area contributed by atoms with Crippen LogP contribution in [0.1, 0.15) is 91.6 Å². The van der Waals surface area contributed by atoms with Gasteiger partial charge in [-0.2, -0.15) is 0 Å². The summed E-state index contributed by atoms with van der Waals surface area (Å²) in [6, 6.07) is 11.2. The number of carbonyl (C=O) groups is 5. The normalized spacial score (nSPS) is 12.7. The van der Waals surface area contributed by atoms with Gasteiger partial charge >= 0.3 is 30.1 Å². The number of carbonyl (C=O) groups excluding carboxylic acids is 5. The molecule has 0 aliphatic carbocycles. The number of esters is 3. The van der Waals surface area contributed by atoms with Gasteiger partial charge in [0.15, 0.2) is 0 Å². The number of nitrogens with one attached hydrogen (secondary N) is 2. The van der Waals surface area contributed by atoms with E-state index in [2.05, 4.69) is 15.6 Å². The Bertz CT molecular complexity index is 1450. The van der Waals surface area contributed by atoms with E-state index in [0.717, 1.165) is 0 Å². The molecule has 0 heterocycles. The van der Waals surface area contributed by atoms with Crippen molar-refractivity contribution in [3.05, 3.63) is 59.7 Å². The maximum atomic E-state index is 12.7. The molecule has 13 nitrogen and oxygen atoms in total. The summed E-state index contributed by atoms with van der Waals surface area (Å²) >= 11 is 0. The zero-order valence-electron chi connectivity index (χ0n) is 28.6. The van der Waals surface area contributed by atoms with Crippen LogP contribution in [-0.4, -0.2) is 58.8 Å². The van der Waals surface area contributed by atoms with Crippen LogP contribution in [0.5, 0.6) is 5.75 Å². The van der Waals surface area contributed by atoms with Gasteiger partial charge in [0, 0.05) is 0 Å². The Hall–Kier alpha value is -4.94. The highest BCUT2D eigenvalue weighted by Crippen LogP contribution is 2.18. The van der Waals surface area contributed by atoms with Crippen molar-refractivity contribution in [2.45, 2.75) is 105 Å². The fourth-order valence-electron chi connectivity index (χ4n) is 3.61. The second-order valence-corrected chi connectivity index (χ2v) is 13.5. The summed E-state index contributed by atoms with van der Waals surface area (Å²) in [4.78, 5) is 66.3. The lowest BCUT2D eigenvalue weighted by molar-refractivity contribution is -0.164. The summed E-state index contributed by atoms with van der Waals surface area (Å²) in [5.41, 5.74) is -0.920. The summed E-state index contributed by atoms with van der Waals surface area (Å²) in [6.45, 7) is 16.8. The summed E-state index contributed by atoms with van der Waals surface area (Å²) < 4.78 is 26.5. The summed E-state index contributed by atoms with van der Waals surface area (Å²) in [5, 5.41) is 4.91. The van der Waals surface area contributed by atoms with Crippen LogP contribution in [0, 0.1) is 0 Å². The molecule has 0 bridgehead atoms. The standard InChI is InChI=1S/C34H45N3O10/c1-21(36-31(42)47-34(8,9)10)35-24-15-13-23(14-16-24)28(39)44-25-17-11-22(12-18-25)20-43-30(41)37-26(29(40)46-33(5,6)7)19-27(38)45-32(2,3)4/h11-18,26H,19-20H2,1-10H3,(H,37,41)(H,35,36,42)/t26-/m0/s1. The first-order valence-electron chi connectivity index (χ1n) is 14.9. The smallest absolute Gasteiger partial charge is 0.413 e. The Balaban J connectivity index is 1.93. The van der Waals surface area contributed by atoms with E-state index in [1.165, 1.54) is 24.3 Å². The summed E-state index contributed by atoms with van der Waals surface area (Å²) in [5.74, 6) is -1.53. The molecule has 2 N–H and O–H groups in total. The lowest BCUT2D eigenvalue weighted by Crippen LogP contribution is -2.46. The molecule has 256 valence electrons. The number of benzene rings is 2. The number of amides is 2. The molecular formula is C34H45N3O10. The van der Waals surface area contributed by atoms with E-state index in [-0.39, 0.29) is 17.9 Å². The van der Waals surface area contributed by atoms with Crippen molar-refractivity contribution >= 4 is 41.6 Å². The first-order valence-corrected chi connectivity index (χ1v) is 14.9. The van der Waals surface area contributed by atoms with E-state index in [9.17, 15) is 24.0 Å². The first-order chi connectivity index (χ1) is 21.6. The van der Waals surface area contributed by atoms with Gasteiger partial charge in [-0.3, -0.25) is 10.1 Å². The van der Waals surface area contributed by atoms with Crippen LogP contribution in [0.15, 0.2) is 53.5 Å². The lowest BCUT2D eigenvalue weighted by Gasteiger charge is -2.25. The third kappa shape index (κ3) is 15.8. The molecule has 0 radical (unpaired) electrons. The van der Waals surface area contributed by atoms with Crippen molar-refractivity contribution < 1.29 is 47.7 Å². The van der Waals surface area contributed by atoms with Gasteiger partial charge in [-0.15, -0.1) is 0 Å². The SMILES string of the molecule is CC(=Nc1ccc(C(=O)Oc2ccc(COC(=O)N[C@@H](CC(=O)OC(C)(C)C)C(=O)OC(C)(C)C)cc2)cc1)NC(=O)OC(C)(C)C. The number of nitrogens with zero attached hydrogens (tertiary/aromatic N) is 1. The van der Waals surface area contributed by atoms with E-state index in [4.69, 9.17) is 23.7 Å². The molecule has 0 aromatic heterocycles. The largest absolute Gasteiger partial charge is 0.460 e. The second-order valence-electron chi connectivity index (χ2n) is 13.5. The van der Waals surface area contributed by atoms with E-state index in [1.54, 1.807) is 93.5 Å². The first kappa shape index (κ1) is 38.2. The Morgan fingerprint density at radius 1 is 0.723 bits per heavy atom. The third-order valence-corrected chi connectivity index (χ3v) is 5.36. The number of alkyl carbamates (subject to hydrolysis) is 2. The van der Waals surface area contributed by atoms with E-state index in [0.29, 0.717) is 17.1 Å². The predicted octanol–water partition coefficient (Wildman–Crippen LogP) is 6.15. The van der Waals surface area contributed by atoms with Gasteiger partial charge < -0.3 is 29.0 Å². The second kappa shape index (κ2) is 16.1. The van der Waals surface area contributed by atoms with Crippen LogP contribution in [0.3, 0.4) is 0 Å².